The molecule has 2 aliphatic rings. The van der Waals surface area contributed by atoms with Crippen LogP contribution >= 0.6 is 0 Å². The monoisotopic (exact) mass is 225 g/mol. The maximum Gasteiger partial charge on any atom is 0.223 e. The maximum absolute atomic E-state index is 12.1. The Labute approximate surface area is 98.1 Å². The summed E-state index contributed by atoms with van der Waals surface area (Å²) in [5, 5.41) is 0. The van der Waals surface area contributed by atoms with Crippen molar-refractivity contribution in [3.63, 3.8) is 0 Å². The summed E-state index contributed by atoms with van der Waals surface area (Å²) >= 11 is 0. The number of piperidine rings is 1. The molecule has 2 saturated heterocycles. The summed E-state index contributed by atoms with van der Waals surface area (Å²) in [6.07, 6.45) is 5.50. The Balaban J connectivity index is 2.00. The molecule has 1 amide bonds. The van der Waals surface area contributed by atoms with Crippen LogP contribution in [-0.2, 0) is 9.53 Å². The first-order chi connectivity index (χ1) is 7.61. The van der Waals surface area contributed by atoms with Gasteiger partial charge in [-0.25, -0.2) is 0 Å². The number of hydrogen-bond acceptors (Lipinski definition) is 2. The Morgan fingerprint density at radius 2 is 1.88 bits per heavy atom. The molecule has 0 spiro atoms. The predicted molar refractivity (Wildman–Crippen MR) is 63.1 cm³/mol. The Morgan fingerprint density at radius 3 is 2.31 bits per heavy atom. The Hall–Kier alpha value is -0.570. The third kappa shape index (κ3) is 2.24. The highest BCUT2D eigenvalue weighted by Crippen LogP contribution is 2.37. The van der Waals surface area contributed by atoms with Crippen molar-refractivity contribution in [3.8, 4) is 0 Å². The predicted octanol–water partition coefficient (Wildman–Crippen LogP) is 2.20. The molecule has 2 fully saturated rings. The zero-order chi connectivity index (χ0) is 11.7. The molecule has 16 heavy (non-hydrogen) atoms. The van der Waals surface area contributed by atoms with Gasteiger partial charge in [-0.3, -0.25) is 4.79 Å². The van der Waals surface area contributed by atoms with Crippen LogP contribution in [0.3, 0.4) is 0 Å². The van der Waals surface area contributed by atoms with Crippen LogP contribution in [-0.4, -0.2) is 36.1 Å². The molecule has 0 saturated carbocycles. The van der Waals surface area contributed by atoms with Crippen molar-refractivity contribution in [2.75, 3.05) is 7.11 Å². The fraction of sp³-hybridized carbons (Fsp3) is 0.923. The molecule has 0 N–H and O–H groups in total. The molecule has 0 aromatic rings. The number of carbonyl (C=O) groups excluding carboxylic acids is 1. The van der Waals surface area contributed by atoms with E-state index < -0.39 is 0 Å². The fourth-order valence-corrected chi connectivity index (χ4v) is 3.18. The molecule has 2 bridgehead atoms. The molecule has 0 aromatic heterocycles. The number of carbonyl (C=O) groups is 1. The lowest BCUT2D eigenvalue weighted by molar-refractivity contribution is -0.138. The highest BCUT2D eigenvalue weighted by Gasteiger charge is 2.42. The van der Waals surface area contributed by atoms with Gasteiger partial charge in [0, 0.05) is 25.6 Å². The number of rotatable bonds is 3. The summed E-state index contributed by atoms with van der Waals surface area (Å²) < 4.78 is 5.44. The van der Waals surface area contributed by atoms with Crippen LogP contribution < -0.4 is 0 Å². The first-order valence-electron chi connectivity index (χ1n) is 6.45. The zero-order valence-electron chi connectivity index (χ0n) is 10.6. The molecule has 3 heteroatoms. The van der Waals surface area contributed by atoms with E-state index >= 15 is 0 Å². The Bertz CT molecular complexity index is 251. The second-order valence-electron chi connectivity index (χ2n) is 5.61. The van der Waals surface area contributed by atoms with Crippen molar-refractivity contribution in [3.05, 3.63) is 0 Å². The van der Waals surface area contributed by atoms with Gasteiger partial charge in [-0.15, -0.1) is 0 Å². The summed E-state index contributed by atoms with van der Waals surface area (Å²) in [5.41, 5.74) is 0. The molecular formula is C13H23NO2. The molecular weight excluding hydrogens is 202 g/mol. The van der Waals surface area contributed by atoms with Crippen LogP contribution in [0.15, 0.2) is 0 Å². The van der Waals surface area contributed by atoms with Gasteiger partial charge >= 0.3 is 0 Å². The summed E-state index contributed by atoms with van der Waals surface area (Å²) in [5.74, 6) is 0.823. The van der Waals surface area contributed by atoms with Crippen LogP contribution in [0, 0.1) is 5.92 Å². The summed E-state index contributed by atoms with van der Waals surface area (Å²) in [6, 6.07) is 0.907. The molecule has 2 atom stereocenters. The summed E-state index contributed by atoms with van der Waals surface area (Å²) in [7, 11) is 1.79. The van der Waals surface area contributed by atoms with Gasteiger partial charge in [0.2, 0.25) is 5.91 Å². The van der Waals surface area contributed by atoms with Gasteiger partial charge < -0.3 is 9.64 Å². The highest BCUT2D eigenvalue weighted by molar-refractivity contribution is 5.77. The average Bonchev–Trinajstić information content (AvgIpc) is 2.49. The van der Waals surface area contributed by atoms with Gasteiger partial charge in [0.05, 0.1) is 6.10 Å². The van der Waals surface area contributed by atoms with Gasteiger partial charge in [0.15, 0.2) is 0 Å². The van der Waals surface area contributed by atoms with E-state index in [2.05, 4.69) is 18.7 Å². The average molecular weight is 225 g/mol. The van der Waals surface area contributed by atoms with E-state index in [1.54, 1.807) is 7.11 Å². The lowest BCUT2D eigenvalue weighted by Crippen LogP contribution is -2.48. The van der Waals surface area contributed by atoms with E-state index in [0.29, 0.717) is 36.4 Å². The van der Waals surface area contributed by atoms with Crippen molar-refractivity contribution in [2.24, 2.45) is 5.92 Å². The second-order valence-corrected chi connectivity index (χ2v) is 5.61. The van der Waals surface area contributed by atoms with E-state index in [1.165, 1.54) is 12.8 Å². The number of fused-ring (bicyclic) bond motifs is 2. The van der Waals surface area contributed by atoms with E-state index in [4.69, 9.17) is 4.74 Å². The maximum atomic E-state index is 12.1. The standard InChI is InChI=1S/C13H23NO2/c1-9(2)6-13(15)14-10-4-5-11(14)8-12(7-10)16-3/h9-12H,4-8H2,1-3H3. The molecule has 2 unspecified atom stereocenters. The third-order valence-electron chi connectivity index (χ3n) is 3.89. The summed E-state index contributed by atoms with van der Waals surface area (Å²) in [6.45, 7) is 4.23. The van der Waals surface area contributed by atoms with Crippen molar-refractivity contribution in [1.82, 2.24) is 4.90 Å². The molecule has 2 heterocycles. The topological polar surface area (TPSA) is 29.5 Å². The van der Waals surface area contributed by atoms with Crippen molar-refractivity contribution >= 4 is 5.91 Å². The van der Waals surface area contributed by atoms with Crippen molar-refractivity contribution < 1.29 is 9.53 Å². The van der Waals surface area contributed by atoms with Crippen LogP contribution in [0.5, 0.6) is 0 Å². The first kappa shape index (κ1) is 11.9. The van der Waals surface area contributed by atoms with E-state index in [0.717, 1.165) is 12.8 Å². The fourth-order valence-electron chi connectivity index (χ4n) is 3.18. The van der Waals surface area contributed by atoms with E-state index in [-0.39, 0.29) is 0 Å². The number of amides is 1. The largest absolute Gasteiger partial charge is 0.381 e. The molecule has 0 radical (unpaired) electrons. The number of nitrogens with zero attached hydrogens (tertiary/aromatic N) is 1. The molecule has 0 aromatic carbocycles. The smallest absolute Gasteiger partial charge is 0.223 e. The van der Waals surface area contributed by atoms with Gasteiger partial charge in [0.1, 0.15) is 0 Å². The quantitative estimate of drug-likeness (QED) is 0.737. The van der Waals surface area contributed by atoms with Crippen molar-refractivity contribution in [1.29, 1.82) is 0 Å². The number of hydrogen-bond donors (Lipinski definition) is 0. The number of ether oxygens (including phenoxy) is 1. The van der Waals surface area contributed by atoms with Gasteiger partial charge in [-0.05, 0) is 31.6 Å². The second kappa shape index (κ2) is 4.74. The van der Waals surface area contributed by atoms with Crippen LogP contribution in [0.4, 0.5) is 0 Å². The van der Waals surface area contributed by atoms with E-state index in [1.807, 2.05) is 0 Å². The SMILES string of the molecule is COC1CC2CCC(C1)N2C(=O)CC(C)C. The minimum absolute atomic E-state index is 0.358. The lowest BCUT2D eigenvalue weighted by atomic mass is 9.98. The Morgan fingerprint density at radius 1 is 1.31 bits per heavy atom. The highest BCUT2D eigenvalue weighted by atomic mass is 16.5. The first-order valence-corrected chi connectivity index (χ1v) is 6.45. The Kier molecular flexibility index (Phi) is 3.53. The lowest BCUT2D eigenvalue weighted by Gasteiger charge is -2.38. The molecule has 3 nitrogen and oxygen atoms in total. The minimum atomic E-state index is 0.358. The third-order valence-corrected chi connectivity index (χ3v) is 3.89. The molecule has 0 aliphatic carbocycles. The van der Waals surface area contributed by atoms with E-state index in [9.17, 15) is 4.79 Å². The molecule has 92 valence electrons. The van der Waals surface area contributed by atoms with Crippen molar-refractivity contribution in [2.45, 2.75) is 64.1 Å². The normalized spacial score (nSPS) is 33.5. The van der Waals surface area contributed by atoms with Crippen LogP contribution in [0.1, 0.15) is 46.0 Å². The number of methoxy groups -OCH3 is 1. The van der Waals surface area contributed by atoms with Crippen LogP contribution in [0.2, 0.25) is 0 Å². The van der Waals surface area contributed by atoms with Gasteiger partial charge in [0.25, 0.3) is 0 Å². The van der Waals surface area contributed by atoms with Crippen LogP contribution in [0.25, 0.3) is 0 Å². The molecule has 2 aliphatic heterocycles. The molecule has 2 rings (SSSR count). The summed E-state index contributed by atoms with van der Waals surface area (Å²) in [4.78, 5) is 14.3. The van der Waals surface area contributed by atoms with Gasteiger partial charge in [-0.1, -0.05) is 13.8 Å². The zero-order valence-corrected chi connectivity index (χ0v) is 10.6. The van der Waals surface area contributed by atoms with Gasteiger partial charge in [-0.2, -0.15) is 0 Å². The minimum Gasteiger partial charge on any atom is -0.381 e.